The van der Waals surface area contributed by atoms with E-state index in [1.54, 1.807) is 0 Å². The van der Waals surface area contributed by atoms with E-state index in [1.165, 1.54) is 6.92 Å². The molecule has 4 N–H and O–H groups in total. The summed E-state index contributed by atoms with van der Waals surface area (Å²) in [5, 5.41) is 22.9. The number of esters is 1. The summed E-state index contributed by atoms with van der Waals surface area (Å²) >= 11 is 0. The minimum absolute atomic E-state index is 0.0222. The molecule has 0 aliphatic rings. The fourth-order valence-corrected chi connectivity index (χ4v) is 1.18. The van der Waals surface area contributed by atoms with Crippen molar-refractivity contribution < 1.29 is 19.7 Å². The normalized spacial score (nSPS) is 14.1. The quantitative estimate of drug-likeness (QED) is 0.454. The Kier molecular flexibility index (Phi) is 4.18. The number of H-pyrrole nitrogens is 2. The van der Waals surface area contributed by atoms with Gasteiger partial charge in [0.15, 0.2) is 6.10 Å². The van der Waals surface area contributed by atoms with Gasteiger partial charge in [0.05, 0.1) is 12.2 Å². The lowest BCUT2D eigenvalue weighted by atomic mass is 10.1. The zero-order chi connectivity index (χ0) is 13.0. The molecule has 17 heavy (non-hydrogen) atoms. The van der Waals surface area contributed by atoms with E-state index in [1.807, 2.05) is 10.2 Å². The largest absolute Gasteiger partial charge is 0.464 e. The van der Waals surface area contributed by atoms with Crippen molar-refractivity contribution >= 4 is 5.97 Å². The molecule has 0 spiro atoms. The lowest BCUT2D eigenvalue weighted by Gasteiger charge is -2.15. The number of aromatic nitrogens is 2. The van der Waals surface area contributed by atoms with Crippen molar-refractivity contribution in [3.8, 4) is 0 Å². The minimum atomic E-state index is -1.92. The lowest BCUT2D eigenvalue weighted by Crippen LogP contribution is -2.34. The Morgan fingerprint density at radius 1 is 1.41 bits per heavy atom. The van der Waals surface area contributed by atoms with Crippen LogP contribution in [0.3, 0.4) is 0 Å². The first-order valence-corrected chi connectivity index (χ1v) is 4.82. The molecule has 8 heteroatoms. The van der Waals surface area contributed by atoms with Crippen LogP contribution < -0.4 is 11.1 Å². The van der Waals surface area contributed by atoms with E-state index < -0.39 is 34.9 Å². The second kappa shape index (κ2) is 5.41. The second-order valence-corrected chi connectivity index (χ2v) is 3.18. The lowest BCUT2D eigenvalue weighted by molar-refractivity contribution is -0.159. The van der Waals surface area contributed by atoms with Gasteiger partial charge in [-0.2, -0.15) is 0 Å². The highest BCUT2D eigenvalue weighted by atomic mass is 16.5. The first-order chi connectivity index (χ1) is 7.97. The van der Waals surface area contributed by atoms with Crippen LogP contribution in [0.2, 0.25) is 0 Å². The molecule has 8 nitrogen and oxygen atoms in total. The Hall–Kier alpha value is -1.93. The molecular weight excluding hydrogens is 232 g/mol. The monoisotopic (exact) mass is 244 g/mol. The molecule has 1 heterocycles. The van der Waals surface area contributed by atoms with Crippen LogP contribution in [0.25, 0.3) is 0 Å². The van der Waals surface area contributed by atoms with E-state index in [-0.39, 0.29) is 6.61 Å². The number of aliphatic hydroxyl groups excluding tert-OH is 2. The van der Waals surface area contributed by atoms with E-state index in [2.05, 4.69) is 4.74 Å². The van der Waals surface area contributed by atoms with Gasteiger partial charge in [-0.15, -0.1) is 0 Å². The van der Waals surface area contributed by atoms with Crippen LogP contribution >= 0.6 is 0 Å². The van der Waals surface area contributed by atoms with Gasteiger partial charge in [0.25, 0.3) is 11.1 Å². The zero-order valence-corrected chi connectivity index (χ0v) is 8.97. The van der Waals surface area contributed by atoms with Gasteiger partial charge in [-0.3, -0.25) is 19.8 Å². The molecule has 0 amide bonds. The van der Waals surface area contributed by atoms with Crippen molar-refractivity contribution in [2.45, 2.75) is 19.1 Å². The Bertz CT molecular complexity index is 505. The first-order valence-electron chi connectivity index (χ1n) is 4.82. The van der Waals surface area contributed by atoms with Crippen molar-refractivity contribution in [2.24, 2.45) is 0 Å². The zero-order valence-electron chi connectivity index (χ0n) is 8.97. The van der Waals surface area contributed by atoms with Gasteiger partial charge in [0, 0.05) is 6.07 Å². The average Bonchev–Trinajstić information content (AvgIpc) is 2.30. The molecule has 0 radical (unpaired) electrons. The Labute approximate surface area is 94.9 Å². The van der Waals surface area contributed by atoms with Gasteiger partial charge in [-0.1, -0.05) is 0 Å². The molecule has 0 bridgehead atoms. The molecule has 2 atom stereocenters. The Morgan fingerprint density at radius 3 is 2.65 bits per heavy atom. The maximum absolute atomic E-state index is 11.2. The topological polar surface area (TPSA) is 132 Å². The van der Waals surface area contributed by atoms with Crippen LogP contribution in [-0.2, 0) is 9.53 Å². The number of carbonyl (C=O) groups excluding carboxylic acids is 1. The predicted molar refractivity (Wildman–Crippen MR) is 55.3 cm³/mol. The molecular formula is C9H12N2O6. The highest BCUT2D eigenvalue weighted by Crippen LogP contribution is 2.12. The number of aromatic amines is 2. The number of carbonyl (C=O) groups is 1. The summed E-state index contributed by atoms with van der Waals surface area (Å²) in [6, 6.07) is 0.798. The van der Waals surface area contributed by atoms with Crippen LogP contribution in [0.15, 0.2) is 15.7 Å². The van der Waals surface area contributed by atoms with Gasteiger partial charge >= 0.3 is 5.97 Å². The molecule has 1 rings (SSSR count). The molecule has 0 aromatic carbocycles. The van der Waals surface area contributed by atoms with E-state index in [0.29, 0.717) is 0 Å². The number of hydrogen-bond donors (Lipinski definition) is 4. The van der Waals surface area contributed by atoms with Crippen molar-refractivity contribution in [1.82, 2.24) is 10.2 Å². The van der Waals surface area contributed by atoms with Gasteiger partial charge in [0.1, 0.15) is 6.10 Å². The van der Waals surface area contributed by atoms with Crippen LogP contribution in [0, 0.1) is 0 Å². The maximum Gasteiger partial charge on any atom is 0.338 e. The molecule has 0 fully saturated rings. The first kappa shape index (κ1) is 13.1. The maximum atomic E-state index is 11.2. The van der Waals surface area contributed by atoms with Gasteiger partial charge in [-0.05, 0) is 6.92 Å². The van der Waals surface area contributed by atoms with Gasteiger partial charge in [0.2, 0.25) is 0 Å². The van der Waals surface area contributed by atoms with Crippen LogP contribution in [0.1, 0.15) is 18.6 Å². The fourth-order valence-electron chi connectivity index (χ4n) is 1.18. The second-order valence-electron chi connectivity index (χ2n) is 3.18. The third-order valence-corrected chi connectivity index (χ3v) is 1.99. The molecule has 94 valence electrons. The number of ether oxygens (including phenoxy) is 1. The molecule has 0 aliphatic heterocycles. The van der Waals surface area contributed by atoms with Gasteiger partial charge < -0.3 is 14.9 Å². The summed E-state index contributed by atoms with van der Waals surface area (Å²) < 4.78 is 4.47. The van der Waals surface area contributed by atoms with E-state index >= 15 is 0 Å². The number of aliphatic hydroxyl groups is 2. The van der Waals surface area contributed by atoms with Crippen LogP contribution in [0.5, 0.6) is 0 Å². The summed E-state index contributed by atoms with van der Waals surface area (Å²) in [6.45, 7) is 1.55. The van der Waals surface area contributed by atoms with Crippen LogP contribution in [0.4, 0.5) is 0 Å². The van der Waals surface area contributed by atoms with E-state index in [4.69, 9.17) is 0 Å². The average molecular weight is 244 g/mol. The number of rotatable bonds is 4. The smallest absolute Gasteiger partial charge is 0.338 e. The van der Waals surface area contributed by atoms with Gasteiger partial charge in [-0.25, -0.2) is 4.79 Å². The molecule has 2 unspecified atom stereocenters. The highest BCUT2D eigenvalue weighted by Gasteiger charge is 2.29. The van der Waals surface area contributed by atoms with E-state index in [9.17, 15) is 24.6 Å². The Morgan fingerprint density at radius 2 is 2.06 bits per heavy atom. The summed E-state index contributed by atoms with van der Waals surface area (Å²) in [4.78, 5) is 33.3. The third-order valence-electron chi connectivity index (χ3n) is 1.99. The third kappa shape index (κ3) is 3.02. The molecule has 1 aromatic rings. The summed E-state index contributed by atoms with van der Waals surface area (Å²) in [7, 11) is 0. The number of hydrogen-bond acceptors (Lipinski definition) is 6. The highest BCUT2D eigenvalue weighted by molar-refractivity contribution is 5.75. The molecule has 0 saturated carbocycles. The van der Waals surface area contributed by atoms with Crippen molar-refractivity contribution in [2.75, 3.05) is 6.61 Å². The van der Waals surface area contributed by atoms with Crippen molar-refractivity contribution in [1.29, 1.82) is 0 Å². The standard InChI is InChI=1S/C9H12N2O6/c1-2-17-9(16)7(14)6(13)4-3-5(12)10-11-8(4)15/h3,6-7,13-14H,2H2,1H3,(H,10,12)(H,11,15). The van der Waals surface area contributed by atoms with Crippen molar-refractivity contribution in [3.05, 3.63) is 32.3 Å². The fraction of sp³-hybridized carbons (Fsp3) is 0.444. The van der Waals surface area contributed by atoms with E-state index in [0.717, 1.165) is 6.07 Å². The summed E-state index contributed by atoms with van der Waals surface area (Å²) in [6.07, 6.45) is -3.74. The SMILES string of the molecule is CCOC(=O)C(O)C(O)c1cc(=O)[nH][nH]c1=O. The predicted octanol–water partition coefficient (Wildman–Crippen LogP) is -1.98. The Balaban J connectivity index is 2.99. The number of nitrogens with one attached hydrogen (secondary N) is 2. The summed E-state index contributed by atoms with van der Waals surface area (Å²) in [5.74, 6) is -1.07. The van der Waals surface area contributed by atoms with Crippen molar-refractivity contribution in [3.63, 3.8) is 0 Å². The molecule has 0 saturated heterocycles. The minimum Gasteiger partial charge on any atom is -0.464 e. The van der Waals surface area contributed by atoms with Crippen LogP contribution in [-0.4, -0.2) is 39.1 Å². The molecule has 1 aromatic heterocycles. The summed E-state index contributed by atoms with van der Waals surface area (Å²) in [5.41, 5.74) is -1.88. The molecule has 0 aliphatic carbocycles.